The summed E-state index contributed by atoms with van der Waals surface area (Å²) in [7, 11) is 0. The molecule has 0 radical (unpaired) electrons. The number of rotatable bonds is 5. The molecule has 4 unspecified atom stereocenters. The fraction of sp³-hybridized carbons (Fsp3) is 0.769. The third-order valence-electron chi connectivity index (χ3n) is 4.21. The van der Waals surface area contributed by atoms with Crippen LogP contribution in [0, 0.1) is 0 Å². The highest BCUT2D eigenvalue weighted by Gasteiger charge is 2.40. The summed E-state index contributed by atoms with van der Waals surface area (Å²) < 4.78 is 0. The number of primary amides is 1. The molecule has 118 valence electrons. The first-order chi connectivity index (χ1) is 9.95. The Bertz CT molecular complexity index is 442. The van der Waals surface area contributed by atoms with Crippen LogP contribution in [0.5, 0.6) is 0 Å². The highest BCUT2D eigenvalue weighted by Crippen LogP contribution is 2.22. The second-order valence-corrected chi connectivity index (χ2v) is 5.63. The summed E-state index contributed by atoms with van der Waals surface area (Å²) in [6.07, 6.45) is 2.35. The molecular weight excluding hydrogens is 276 g/mol. The van der Waals surface area contributed by atoms with Crippen LogP contribution in [0.25, 0.3) is 0 Å². The van der Waals surface area contributed by atoms with Gasteiger partial charge in [0.2, 0.25) is 11.8 Å². The lowest BCUT2D eigenvalue weighted by atomic mass is 10.1. The molecule has 2 rings (SSSR count). The first kappa shape index (κ1) is 15.9. The summed E-state index contributed by atoms with van der Waals surface area (Å²) >= 11 is 0. The van der Waals surface area contributed by atoms with Gasteiger partial charge in [-0.3, -0.25) is 19.7 Å². The highest BCUT2D eigenvalue weighted by atomic mass is 16.3. The van der Waals surface area contributed by atoms with E-state index in [0.29, 0.717) is 25.8 Å². The van der Waals surface area contributed by atoms with Crippen LogP contribution in [0.2, 0.25) is 0 Å². The van der Waals surface area contributed by atoms with E-state index in [4.69, 9.17) is 16.6 Å². The molecule has 2 heterocycles. The van der Waals surface area contributed by atoms with Gasteiger partial charge in [-0.2, -0.15) is 0 Å². The van der Waals surface area contributed by atoms with E-state index in [1.165, 1.54) is 4.90 Å². The zero-order chi connectivity index (χ0) is 15.6. The second-order valence-electron chi connectivity index (χ2n) is 5.63. The smallest absolute Gasteiger partial charge is 0.240 e. The topological polar surface area (TPSA) is 139 Å². The van der Waals surface area contributed by atoms with Crippen LogP contribution in [-0.2, 0) is 14.4 Å². The van der Waals surface area contributed by atoms with Gasteiger partial charge in [0.05, 0.1) is 24.7 Å². The van der Waals surface area contributed by atoms with Gasteiger partial charge in [-0.25, -0.2) is 0 Å². The van der Waals surface area contributed by atoms with Crippen molar-refractivity contribution in [2.75, 3.05) is 13.2 Å². The predicted octanol–water partition coefficient (Wildman–Crippen LogP) is -2.53. The van der Waals surface area contributed by atoms with E-state index in [9.17, 15) is 14.4 Å². The van der Waals surface area contributed by atoms with Crippen molar-refractivity contribution in [3.8, 4) is 0 Å². The molecule has 2 saturated heterocycles. The lowest BCUT2D eigenvalue weighted by molar-refractivity contribution is -0.138. The summed E-state index contributed by atoms with van der Waals surface area (Å²) in [5, 5.41) is 11.9. The van der Waals surface area contributed by atoms with Gasteiger partial charge in [0.15, 0.2) is 5.78 Å². The van der Waals surface area contributed by atoms with Gasteiger partial charge in [-0.1, -0.05) is 0 Å². The Morgan fingerprint density at radius 3 is 2.52 bits per heavy atom. The van der Waals surface area contributed by atoms with Gasteiger partial charge in [0.1, 0.15) is 6.04 Å². The Labute approximate surface area is 122 Å². The number of likely N-dealkylation sites (tertiary alicyclic amines) is 1. The van der Waals surface area contributed by atoms with E-state index >= 15 is 0 Å². The number of hydrogen-bond acceptors (Lipinski definition) is 6. The molecule has 4 atom stereocenters. The maximum atomic E-state index is 12.4. The first-order valence-corrected chi connectivity index (χ1v) is 7.21. The maximum absolute atomic E-state index is 12.4. The number of carbonyl (C=O) groups excluding carboxylic acids is 3. The predicted molar refractivity (Wildman–Crippen MR) is 73.9 cm³/mol. The number of hydrogen-bond donors (Lipinski definition) is 4. The number of nitrogens with one attached hydrogen (secondary N) is 1. The van der Waals surface area contributed by atoms with Crippen LogP contribution in [0.3, 0.4) is 0 Å². The summed E-state index contributed by atoms with van der Waals surface area (Å²) in [4.78, 5) is 37.2. The first-order valence-electron chi connectivity index (χ1n) is 7.21. The number of ketones is 1. The standard InChI is InChI=1S/C13H22N4O4/c14-7(6-18)11(19)8-3-4-9(16-8)13(21)17-5-1-2-10(17)12(15)20/h7-10,16,18H,1-6,14H2,(H2,15,20). The number of aliphatic hydroxyl groups excluding tert-OH is 1. The second kappa shape index (κ2) is 6.50. The molecule has 0 aromatic carbocycles. The molecule has 2 aliphatic rings. The minimum Gasteiger partial charge on any atom is -0.394 e. The third-order valence-corrected chi connectivity index (χ3v) is 4.21. The van der Waals surface area contributed by atoms with E-state index in [2.05, 4.69) is 5.32 Å². The van der Waals surface area contributed by atoms with Crippen molar-refractivity contribution in [3.63, 3.8) is 0 Å². The lowest BCUT2D eigenvalue weighted by Crippen LogP contribution is -2.53. The van der Waals surface area contributed by atoms with Crippen molar-refractivity contribution in [2.45, 2.75) is 49.9 Å². The minimum absolute atomic E-state index is 0.191. The number of nitrogens with two attached hydrogens (primary N) is 2. The quantitative estimate of drug-likeness (QED) is 0.441. The SMILES string of the molecule is NC(=O)C1CCCN1C(=O)C1CCC(C(=O)C(N)CO)N1. The molecule has 8 nitrogen and oxygen atoms in total. The number of aliphatic hydroxyl groups is 1. The maximum Gasteiger partial charge on any atom is 0.240 e. The molecule has 8 heteroatoms. The Morgan fingerprint density at radius 2 is 1.90 bits per heavy atom. The Morgan fingerprint density at radius 1 is 1.24 bits per heavy atom. The summed E-state index contributed by atoms with van der Waals surface area (Å²) in [5.41, 5.74) is 10.8. The molecule has 2 aliphatic heterocycles. The van der Waals surface area contributed by atoms with Gasteiger partial charge < -0.3 is 21.5 Å². The molecular formula is C13H22N4O4. The lowest BCUT2D eigenvalue weighted by Gasteiger charge is -2.25. The molecule has 0 bridgehead atoms. The van der Waals surface area contributed by atoms with E-state index in [0.717, 1.165) is 6.42 Å². The molecule has 2 amide bonds. The molecule has 6 N–H and O–H groups in total. The molecule has 0 aliphatic carbocycles. The van der Waals surface area contributed by atoms with Crippen molar-refractivity contribution < 1.29 is 19.5 Å². The van der Waals surface area contributed by atoms with Crippen LogP contribution in [0.4, 0.5) is 0 Å². The molecule has 0 saturated carbocycles. The minimum atomic E-state index is -0.929. The summed E-state index contributed by atoms with van der Waals surface area (Å²) in [5.74, 6) is -0.974. The van der Waals surface area contributed by atoms with Crippen LogP contribution in [-0.4, -0.2) is 64.9 Å². The van der Waals surface area contributed by atoms with E-state index in [1.807, 2.05) is 0 Å². The Kier molecular flexibility index (Phi) is 4.92. The average Bonchev–Trinajstić information content (AvgIpc) is 3.13. The van der Waals surface area contributed by atoms with Crippen LogP contribution >= 0.6 is 0 Å². The van der Waals surface area contributed by atoms with Crippen molar-refractivity contribution in [1.29, 1.82) is 0 Å². The molecule has 0 aromatic heterocycles. The van der Waals surface area contributed by atoms with Gasteiger partial charge >= 0.3 is 0 Å². The Hall–Kier alpha value is -1.51. The third kappa shape index (κ3) is 3.22. The molecule has 21 heavy (non-hydrogen) atoms. The number of Topliss-reactive ketones (excluding diaryl/α,β-unsaturated/α-hetero) is 1. The highest BCUT2D eigenvalue weighted by molar-refractivity contribution is 5.93. The largest absolute Gasteiger partial charge is 0.394 e. The molecule has 0 aromatic rings. The zero-order valence-corrected chi connectivity index (χ0v) is 11.8. The van der Waals surface area contributed by atoms with Gasteiger partial charge in [-0.05, 0) is 25.7 Å². The van der Waals surface area contributed by atoms with Crippen molar-refractivity contribution in [1.82, 2.24) is 10.2 Å². The molecule has 0 spiro atoms. The zero-order valence-electron chi connectivity index (χ0n) is 11.8. The fourth-order valence-corrected chi connectivity index (χ4v) is 3.04. The van der Waals surface area contributed by atoms with Crippen LogP contribution in [0.1, 0.15) is 25.7 Å². The monoisotopic (exact) mass is 298 g/mol. The normalized spacial score (nSPS) is 30.4. The van der Waals surface area contributed by atoms with Crippen LogP contribution < -0.4 is 16.8 Å². The average molecular weight is 298 g/mol. The summed E-state index contributed by atoms with van der Waals surface area (Å²) in [6, 6.07) is -2.49. The molecule has 2 fully saturated rings. The van der Waals surface area contributed by atoms with Gasteiger partial charge in [0, 0.05) is 6.54 Å². The number of carbonyl (C=O) groups is 3. The van der Waals surface area contributed by atoms with Gasteiger partial charge in [0.25, 0.3) is 0 Å². The van der Waals surface area contributed by atoms with E-state index < -0.39 is 36.7 Å². The van der Waals surface area contributed by atoms with Crippen molar-refractivity contribution in [2.24, 2.45) is 11.5 Å². The summed E-state index contributed by atoms with van der Waals surface area (Å²) in [6.45, 7) is 0.102. The number of nitrogens with zero attached hydrogens (tertiary/aromatic N) is 1. The van der Waals surface area contributed by atoms with Gasteiger partial charge in [-0.15, -0.1) is 0 Å². The van der Waals surface area contributed by atoms with E-state index in [-0.39, 0.29) is 11.7 Å². The number of amides is 2. The van der Waals surface area contributed by atoms with Crippen LogP contribution in [0.15, 0.2) is 0 Å². The fourth-order valence-electron chi connectivity index (χ4n) is 3.04. The van der Waals surface area contributed by atoms with E-state index in [1.54, 1.807) is 0 Å². The van der Waals surface area contributed by atoms with Crippen molar-refractivity contribution in [3.05, 3.63) is 0 Å². The Balaban J connectivity index is 1.96. The van der Waals surface area contributed by atoms with Crippen molar-refractivity contribution >= 4 is 17.6 Å².